The largest absolute Gasteiger partial charge is 0.469 e. The first-order valence-electron chi connectivity index (χ1n) is 9.74. The van der Waals surface area contributed by atoms with Gasteiger partial charge in [-0.2, -0.15) is 0 Å². The molecule has 4 rings (SSSR count). The molecule has 0 radical (unpaired) electrons. The van der Waals surface area contributed by atoms with Gasteiger partial charge in [-0.1, -0.05) is 26.3 Å². The minimum atomic E-state index is -0.810. The molecule has 0 amide bonds. The van der Waals surface area contributed by atoms with Crippen LogP contribution in [-0.2, 0) is 19.1 Å². The van der Waals surface area contributed by atoms with Gasteiger partial charge in [0.1, 0.15) is 5.78 Å². The van der Waals surface area contributed by atoms with E-state index in [2.05, 4.69) is 18.2 Å². The highest BCUT2D eigenvalue weighted by molar-refractivity contribution is 6.09. The van der Waals surface area contributed by atoms with Crippen LogP contribution in [0.3, 0.4) is 0 Å². The molecule has 5 unspecified atom stereocenters. The van der Waals surface area contributed by atoms with Crippen LogP contribution < -0.4 is 0 Å². The second kappa shape index (κ2) is 6.91. The summed E-state index contributed by atoms with van der Waals surface area (Å²) in [4.78, 5) is 35.2. The number of carbonyl (C=O) groups is 3. The molecular weight excluding hydrogens is 332 g/mol. The number of fused-ring (bicyclic) bond motifs is 3. The summed E-state index contributed by atoms with van der Waals surface area (Å²) in [7, 11) is 1.35. The molecular formula is C21H30O5. The van der Waals surface area contributed by atoms with Gasteiger partial charge in [-0.3, -0.25) is 14.4 Å². The Balaban J connectivity index is 0.000000349. The maximum absolute atomic E-state index is 12.8. The number of ether oxygens (including phenoxy) is 1. The normalized spacial score (nSPS) is 43.8. The van der Waals surface area contributed by atoms with Crippen LogP contribution in [0.1, 0.15) is 52.4 Å². The predicted molar refractivity (Wildman–Crippen MR) is 96.1 cm³/mol. The molecule has 2 bridgehead atoms. The molecule has 4 saturated carbocycles. The second-order valence-electron chi connectivity index (χ2n) is 8.56. The zero-order valence-electron chi connectivity index (χ0n) is 16.0. The van der Waals surface area contributed by atoms with Crippen molar-refractivity contribution in [2.75, 3.05) is 7.11 Å². The molecule has 0 saturated heterocycles. The van der Waals surface area contributed by atoms with Gasteiger partial charge >= 0.3 is 5.97 Å². The highest BCUT2D eigenvalue weighted by atomic mass is 16.5. The van der Waals surface area contributed by atoms with Crippen LogP contribution in [0.2, 0.25) is 0 Å². The smallest absolute Gasteiger partial charge is 0.302 e. The summed E-state index contributed by atoms with van der Waals surface area (Å²) in [5.74, 6) is 0.946. The molecule has 0 heterocycles. The number of methoxy groups -OCH3 is 1. The van der Waals surface area contributed by atoms with Crippen molar-refractivity contribution in [3.63, 3.8) is 0 Å². The molecule has 0 aromatic rings. The summed E-state index contributed by atoms with van der Waals surface area (Å²) >= 11 is 0. The lowest BCUT2D eigenvalue weighted by Crippen LogP contribution is -2.58. The Labute approximate surface area is 155 Å². The Morgan fingerprint density at radius 3 is 2.50 bits per heavy atom. The molecule has 5 heteroatoms. The third kappa shape index (κ3) is 2.67. The molecule has 4 aliphatic rings. The lowest BCUT2D eigenvalue weighted by atomic mass is 9.48. The van der Waals surface area contributed by atoms with Crippen LogP contribution in [0.5, 0.6) is 0 Å². The molecule has 4 fully saturated rings. The number of rotatable bonds is 0. The molecule has 0 aliphatic heterocycles. The average molecular weight is 362 g/mol. The molecule has 1 spiro atoms. The van der Waals surface area contributed by atoms with E-state index >= 15 is 0 Å². The SMILES string of the molecule is C=C1C(=O)[C@@]23CCC4C(C)CCCC4C2C(=O)C[C@@H]1C3O.COC(C)=O. The number of aliphatic hydroxyl groups excluding tert-OH is 1. The number of aliphatic hydroxyl groups is 1. The first-order valence-corrected chi connectivity index (χ1v) is 9.74. The van der Waals surface area contributed by atoms with Crippen molar-refractivity contribution in [2.45, 2.75) is 58.5 Å². The molecule has 5 nitrogen and oxygen atoms in total. The molecule has 7 atom stereocenters. The maximum atomic E-state index is 12.8. The number of hydrogen-bond acceptors (Lipinski definition) is 5. The summed E-state index contributed by atoms with van der Waals surface area (Å²) < 4.78 is 4.11. The first-order chi connectivity index (χ1) is 12.3. The van der Waals surface area contributed by atoms with Crippen LogP contribution in [0.15, 0.2) is 12.2 Å². The Bertz CT molecular complexity index is 638. The minimum absolute atomic E-state index is 0.00697. The molecule has 0 aromatic carbocycles. The van der Waals surface area contributed by atoms with Gasteiger partial charge in [0.2, 0.25) is 0 Å². The molecule has 4 aliphatic carbocycles. The Hall–Kier alpha value is -1.49. The van der Waals surface area contributed by atoms with Crippen molar-refractivity contribution in [2.24, 2.45) is 35.0 Å². The quantitative estimate of drug-likeness (QED) is 0.529. The fraction of sp³-hybridized carbons (Fsp3) is 0.762. The summed E-state index contributed by atoms with van der Waals surface area (Å²) in [6.07, 6.45) is 4.76. The molecule has 0 aromatic heterocycles. The van der Waals surface area contributed by atoms with Crippen molar-refractivity contribution < 1.29 is 24.2 Å². The lowest BCUT2D eigenvalue weighted by Gasteiger charge is -2.54. The van der Waals surface area contributed by atoms with E-state index in [0.29, 0.717) is 36.2 Å². The third-order valence-electron chi connectivity index (χ3n) is 7.48. The van der Waals surface area contributed by atoms with Crippen molar-refractivity contribution in [1.29, 1.82) is 0 Å². The van der Waals surface area contributed by atoms with Crippen LogP contribution in [0.25, 0.3) is 0 Å². The molecule has 144 valence electrons. The fourth-order valence-electron chi connectivity index (χ4n) is 6.22. The maximum Gasteiger partial charge on any atom is 0.302 e. The Kier molecular flexibility index (Phi) is 5.13. The van der Waals surface area contributed by atoms with Gasteiger partial charge in [0.25, 0.3) is 0 Å². The van der Waals surface area contributed by atoms with E-state index in [0.717, 1.165) is 19.3 Å². The van der Waals surface area contributed by atoms with Gasteiger partial charge in [0, 0.05) is 25.2 Å². The zero-order valence-corrected chi connectivity index (χ0v) is 16.0. The first kappa shape index (κ1) is 19.3. The van der Waals surface area contributed by atoms with Crippen molar-refractivity contribution in [3.8, 4) is 0 Å². The summed E-state index contributed by atoms with van der Waals surface area (Å²) in [5.41, 5.74) is -0.296. The van der Waals surface area contributed by atoms with Gasteiger partial charge in [0.05, 0.1) is 18.6 Å². The third-order valence-corrected chi connectivity index (χ3v) is 7.48. The number of Topliss-reactive ketones (excluding diaryl/α,β-unsaturated/α-hetero) is 2. The Morgan fingerprint density at radius 2 is 1.88 bits per heavy atom. The summed E-state index contributed by atoms with van der Waals surface area (Å²) in [5, 5.41) is 10.8. The topological polar surface area (TPSA) is 80.7 Å². The summed E-state index contributed by atoms with van der Waals surface area (Å²) in [6, 6.07) is 0. The van der Waals surface area contributed by atoms with E-state index in [1.165, 1.54) is 20.5 Å². The van der Waals surface area contributed by atoms with E-state index < -0.39 is 11.5 Å². The van der Waals surface area contributed by atoms with E-state index in [-0.39, 0.29) is 29.4 Å². The predicted octanol–water partition coefficient (Wildman–Crippen LogP) is 2.70. The van der Waals surface area contributed by atoms with Crippen LogP contribution in [0, 0.1) is 35.0 Å². The number of carbonyl (C=O) groups excluding carboxylic acids is 3. The van der Waals surface area contributed by atoms with Crippen LogP contribution in [-0.4, -0.2) is 35.9 Å². The van der Waals surface area contributed by atoms with Gasteiger partial charge < -0.3 is 9.84 Å². The second-order valence-corrected chi connectivity index (χ2v) is 8.56. The van der Waals surface area contributed by atoms with Gasteiger partial charge in [-0.15, -0.1) is 0 Å². The lowest BCUT2D eigenvalue weighted by molar-refractivity contribution is -0.166. The monoisotopic (exact) mass is 362 g/mol. The fourth-order valence-corrected chi connectivity index (χ4v) is 6.22. The molecule has 26 heavy (non-hydrogen) atoms. The standard InChI is InChI=1S/C18H24O3.C3H6O2/c1-9-4-3-5-12-11(9)6-7-18-15(12)14(19)8-13(17(18)21)10(2)16(18)20;1-3(4)5-2/h9,11-13,15,17,21H,2-8H2,1H3;1-2H3/t9?,11?,12?,13-,15?,17?,18+;/m0./s1. The van der Waals surface area contributed by atoms with Gasteiger partial charge in [-0.05, 0) is 42.6 Å². The highest BCUT2D eigenvalue weighted by Crippen LogP contribution is 2.63. The van der Waals surface area contributed by atoms with Gasteiger partial charge in [0.15, 0.2) is 5.78 Å². The number of hydrogen-bond donors (Lipinski definition) is 1. The van der Waals surface area contributed by atoms with E-state index in [9.17, 15) is 19.5 Å². The zero-order chi connectivity index (χ0) is 19.2. The van der Waals surface area contributed by atoms with Crippen LogP contribution in [0.4, 0.5) is 0 Å². The van der Waals surface area contributed by atoms with E-state index in [1.54, 1.807) is 0 Å². The number of esters is 1. The summed E-state index contributed by atoms with van der Waals surface area (Å²) in [6.45, 7) is 7.56. The average Bonchev–Trinajstić information content (AvgIpc) is 2.73. The number of ketones is 2. The highest BCUT2D eigenvalue weighted by Gasteiger charge is 2.69. The molecule has 1 N–H and O–H groups in total. The van der Waals surface area contributed by atoms with Crippen molar-refractivity contribution in [1.82, 2.24) is 0 Å². The van der Waals surface area contributed by atoms with E-state index in [1.807, 2.05) is 0 Å². The minimum Gasteiger partial charge on any atom is -0.469 e. The van der Waals surface area contributed by atoms with E-state index in [4.69, 9.17) is 0 Å². The van der Waals surface area contributed by atoms with Crippen molar-refractivity contribution >= 4 is 17.5 Å². The van der Waals surface area contributed by atoms with Crippen molar-refractivity contribution in [3.05, 3.63) is 12.2 Å². The van der Waals surface area contributed by atoms with Crippen LogP contribution >= 0.6 is 0 Å². The van der Waals surface area contributed by atoms with Gasteiger partial charge in [-0.25, -0.2) is 0 Å². The Morgan fingerprint density at radius 1 is 1.23 bits per heavy atom.